The van der Waals surface area contributed by atoms with E-state index >= 15 is 0 Å². The highest BCUT2D eigenvalue weighted by Crippen LogP contribution is 2.29. The lowest BCUT2D eigenvalue weighted by Gasteiger charge is -2.36. The van der Waals surface area contributed by atoms with Gasteiger partial charge >= 0.3 is 18.1 Å². The number of aromatic carboxylic acids is 1. The first-order valence-corrected chi connectivity index (χ1v) is 10.3. The van der Waals surface area contributed by atoms with Crippen LogP contribution in [0.25, 0.3) is 0 Å². The standard InChI is InChI=1S/C14H21N3O4S.C2HF3O2/c1-3-16-6-8-17(9-7-16)13-5-4-11(14(18)19)10-12(13)15-22(2,20)21;3-2(4,5)1(6)7/h4-5,10,15H,3,6-9H2,1-2H3,(H,18,19);(H,6,7). The molecule has 1 aromatic carbocycles. The molecule has 1 fully saturated rings. The lowest BCUT2D eigenvalue weighted by atomic mass is 10.1. The predicted molar refractivity (Wildman–Crippen MR) is 99.9 cm³/mol. The highest BCUT2D eigenvalue weighted by Gasteiger charge is 2.38. The zero-order valence-electron chi connectivity index (χ0n) is 15.7. The number of anilines is 2. The number of hydrogen-bond donors (Lipinski definition) is 3. The zero-order valence-corrected chi connectivity index (χ0v) is 16.5. The molecule has 0 bridgehead atoms. The molecule has 3 N–H and O–H groups in total. The van der Waals surface area contributed by atoms with Gasteiger partial charge in [-0.15, -0.1) is 0 Å². The number of benzene rings is 1. The molecule has 164 valence electrons. The Balaban J connectivity index is 0.000000516. The van der Waals surface area contributed by atoms with E-state index in [2.05, 4.69) is 21.4 Å². The van der Waals surface area contributed by atoms with Crippen molar-refractivity contribution in [2.45, 2.75) is 13.1 Å². The second-order valence-electron chi connectivity index (χ2n) is 6.14. The smallest absolute Gasteiger partial charge is 0.478 e. The number of nitrogens with zero attached hydrogens (tertiary/aromatic N) is 2. The van der Waals surface area contributed by atoms with Gasteiger partial charge in [-0.2, -0.15) is 13.2 Å². The van der Waals surface area contributed by atoms with E-state index in [1.54, 1.807) is 6.07 Å². The maximum atomic E-state index is 11.5. The van der Waals surface area contributed by atoms with Crippen molar-refractivity contribution in [1.29, 1.82) is 0 Å². The third kappa shape index (κ3) is 8.15. The Kier molecular flexibility index (Phi) is 8.26. The first-order valence-electron chi connectivity index (χ1n) is 8.37. The van der Waals surface area contributed by atoms with E-state index in [4.69, 9.17) is 15.0 Å². The van der Waals surface area contributed by atoms with Gasteiger partial charge in [0.25, 0.3) is 0 Å². The normalized spacial score (nSPS) is 15.3. The Bertz CT molecular complexity index is 837. The quantitative estimate of drug-likeness (QED) is 0.628. The number of carboxylic acids is 2. The molecule has 1 aromatic rings. The van der Waals surface area contributed by atoms with Crippen LogP contribution in [0.2, 0.25) is 0 Å². The minimum atomic E-state index is -5.08. The molecule has 9 nitrogen and oxygen atoms in total. The van der Waals surface area contributed by atoms with Crippen LogP contribution < -0.4 is 9.62 Å². The number of rotatable bonds is 5. The second kappa shape index (κ2) is 9.78. The van der Waals surface area contributed by atoms with Crippen LogP contribution in [-0.4, -0.2) is 80.6 Å². The van der Waals surface area contributed by atoms with Crippen LogP contribution in [0.3, 0.4) is 0 Å². The summed E-state index contributed by atoms with van der Waals surface area (Å²) in [4.78, 5) is 24.4. The number of carbonyl (C=O) groups is 2. The number of nitrogens with one attached hydrogen (secondary N) is 1. The summed E-state index contributed by atoms with van der Waals surface area (Å²) in [6.45, 7) is 6.44. The number of alkyl halides is 3. The summed E-state index contributed by atoms with van der Waals surface area (Å²) in [6, 6.07) is 4.53. The maximum absolute atomic E-state index is 11.5. The highest BCUT2D eigenvalue weighted by atomic mass is 32.2. The summed E-state index contributed by atoms with van der Waals surface area (Å²) >= 11 is 0. The molecule has 0 unspecified atom stereocenters. The van der Waals surface area contributed by atoms with Crippen molar-refractivity contribution >= 4 is 33.3 Å². The molecule has 0 spiro atoms. The summed E-state index contributed by atoms with van der Waals surface area (Å²) in [5, 5.41) is 16.2. The van der Waals surface area contributed by atoms with Gasteiger partial charge in [0.2, 0.25) is 10.0 Å². The number of halogens is 3. The summed E-state index contributed by atoms with van der Waals surface area (Å²) in [5.74, 6) is -3.84. The van der Waals surface area contributed by atoms with Crippen molar-refractivity contribution in [2.24, 2.45) is 0 Å². The molecule has 2 rings (SSSR count). The van der Waals surface area contributed by atoms with Gasteiger partial charge in [-0.1, -0.05) is 6.92 Å². The van der Waals surface area contributed by atoms with Crippen LogP contribution >= 0.6 is 0 Å². The molecule has 0 radical (unpaired) electrons. The monoisotopic (exact) mass is 441 g/mol. The molecular formula is C16H22F3N3O6S. The van der Waals surface area contributed by atoms with Crippen LogP contribution in [-0.2, 0) is 14.8 Å². The van der Waals surface area contributed by atoms with E-state index in [0.29, 0.717) is 11.4 Å². The lowest BCUT2D eigenvalue weighted by Crippen LogP contribution is -2.46. The average Bonchev–Trinajstić information content (AvgIpc) is 2.60. The molecule has 13 heteroatoms. The molecule has 0 aromatic heterocycles. The lowest BCUT2D eigenvalue weighted by molar-refractivity contribution is -0.192. The van der Waals surface area contributed by atoms with Crippen LogP contribution in [0.5, 0.6) is 0 Å². The molecule has 1 saturated heterocycles. The Labute approximate surface area is 165 Å². The number of carboxylic acid groups (broad SMARTS) is 2. The fourth-order valence-electron chi connectivity index (χ4n) is 2.53. The Morgan fingerprint density at radius 2 is 1.66 bits per heavy atom. The number of sulfonamides is 1. The van der Waals surface area contributed by atoms with Crippen molar-refractivity contribution < 1.29 is 41.4 Å². The molecule has 1 heterocycles. The van der Waals surface area contributed by atoms with E-state index < -0.39 is 28.1 Å². The van der Waals surface area contributed by atoms with E-state index in [9.17, 15) is 26.4 Å². The van der Waals surface area contributed by atoms with Crippen molar-refractivity contribution in [1.82, 2.24) is 4.90 Å². The zero-order chi connectivity index (χ0) is 22.4. The minimum Gasteiger partial charge on any atom is -0.478 e. The first kappa shape index (κ1) is 24.5. The molecule has 1 aliphatic heterocycles. The van der Waals surface area contributed by atoms with Gasteiger partial charge < -0.3 is 20.0 Å². The first-order chi connectivity index (χ1) is 13.2. The SMILES string of the molecule is CCN1CCN(c2ccc(C(=O)O)cc2NS(C)(=O)=O)CC1.O=C(O)C(F)(F)F. The van der Waals surface area contributed by atoms with Crippen LogP contribution in [0.4, 0.5) is 24.5 Å². The Morgan fingerprint density at radius 1 is 1.14 bits per heavy atom. The Morgan fingerprint density at radius 3 is 2.03 bits per heavy atom. The third-order valence-corrected chi connectivity index (χ3v) is 4.53. The third-order valence-electron chi connectivity index (χ3n) is 3.94. The maximum Gasteiger partial charge on any atom is 0.490 e. The van der Waals surface area contributed by atoms with Gasteiger partial charge in [0, 0.05) is 26.2 Å². The van der Waals surface area contributed by atoms with Gasteiger partial charge in [-0.05, 0) is 24.7 Å². The summed E-state index contributed by atoms with van der Waals surface area (Å²) in [6.07, 6.45) is -4.03. The van der Waals surface area contributed by atoms with Gasteiger partial charge in [0.05, 0.1) is 23.2 Å². The molecule has 0 saturated carbocycles. The van der Waals surface area contributed by atoms with Crippen LogP contribution in [0, 0.1) is 0 Å². The van der Waals surface area contributed by atoms with Gasteiger partial charge in [0.15, 0.2) is 0 Å². The molecule has 0 amide bonds. The van der Waals surface area contributed by atoms with Gasteiger partial charge in [0.1, 0.15) is 0 Å². The Hall–Kier alpha value is -2.54. The number of piperazine rings is 1. The van der Waals surface area contributed by atoms with Gasteiger partial charge in [-0.25, -0.2) is 18.0 Å². The van der Waals surface area contributed by atoms with Crippen LogP contribution in [0.1, 0.15) is 17.3 Å². The largest absolute Gasteiger partial charge is 0.490 e. The fourth-order valence-corrected chi connectivity index (χ4v) is 3.09. The number of likely N-dealkylation sites (N-methyl/N-ethyl adjacent to an activating group) is 1. The predicted octanol–water partition coefficient (Wildman–Crippen LogP) is 1.53. The van der Waals surface area contributed by atoms with Crippen molar-refractivity contribution in [3.8, 4) is 0 Å². The van der Waals surface area contributed by atoms with E-state index in [0.717, 1.165) is 39.0 Å². The number of aliphatic carboxylic acids is 1. The molecule has 0 aliphatic carbocycles. The van der Waals surface area contributed by atoms with Crippen molar-refractivity contribution in [3.05, 3.63) is 23.8 Å². The van der Waals surface area contributed by atoms with E-state index in [-0.39, 0.29) is 5.56 Å². The van der Waals surface area contributed by atoms with Crippen LogP contribution in [0.15, 0.2) is 18.2 Å². The summed E-state index contributed by atoms with van der Waals surface area (Å²) in [7, 11) is -3.48. The molecule has 29 heavy (non-hydrogen) atoms. The van der Waals surface area contributed by atoms with E-state index in [1.165, 1.54) is 12.1 Å². The van der Waals surface area contributed by atoms with Gasteiger partial charge in [-0.3, -0.25) is 4.72 Å². The van der Waals surface area contributed by atoms with Crippen molar-refractivity contribution in [3.63, 3.8) is 0 Å². The summed E-state index contributed by atoms with van der Waals surface area (Å²) in [5.41, 5.74) is 1.08. The fraction of sp³-hybridized carbons (Fsp3) is 0.500. The van der Waals surface area contributed by atoms with Crippen molar-refractivity contribution in [2.75, 3.05) is 48.6 Å². The number of hydrogen-bond acceptors (Lipinski definition) is 6. The molecule has 0 atom stereocenters. The molecular weight excluding hydrogens is 419 g/mol. The topological polar surface area (TPSA) is 127 Å². The minimum absolute atomic E-state index is 0.0575. The second-order valence-corrected chi connectivity index (χ2v) is 7.88. The summed E-state index contributed by atoms with van der Waals surface area (Å²) < 4.78 is 57.2. The van der Waals surface area contributed by atoms with E-state index in [1.807, 2.05) is 0 Å². The highest BCUT2D eigenvalue weighted by molar-refractivity contribution is 7.92. The molecule has 1 aliphatic rings. The average molecular weight is 441 g/mol.